The minimum Gasteiger partial charge on any atom is -0.507 e. The summed E-state index contributed by atoms with van der Waals surface area (Å²) >= 11 is 3.38. The number of nitrogens with zero attached hydrogens (tertiary/aromatic N) is 2. The highest BCUT2D eigenvalue weighted by atomic mass is 79.9. The third kappa shape index (κ3) is 6.15. The highest BCUT2D eigenvalue weighted by Gasteiger charge is 2.47. The van der Waals surface area contributed by atoms with Gasteiger partial charge >= 0.3 is 0 Å². The fraction of sp³-hybridized carbons (Fsp3) is 0.462. The summed E-state index contributed by atoms with van der Waals surface area (Å²) in [6.07, 6.45) is 6.85. The zero-order valence-electron chi connectivity index (χ0n) is 19.4. The number of likely N-dealkylation sites (tertiary alicyclic amines) is 1. The summed E-state index contributed by atoms with van der Waals surface area (Å²) in [5, 5.41) is 11.0. The van der Waals surface area contributed by atoms with Gasteiger partial charge in [-0.25, -0.2) is 0 Å². The molecular weight excluding hydrogens is 484 g/mol. The van der Waals surface area contributed by atoms with Gasteiger partial charge in [0.05, 0.1) is 11.8 Å². The summed E-state index contributed by atoms with van der Waals surface area (Å²) in [4.78, 5) is 30.0. The molecule has 2 heterocycles. The van der Waals surface area contributed by atoms with Crippen LogP contribution in [0, 0.1) is 0 Å². The van der Waals surface area contributed by atoms with Crippen LogP contribution in [0.15, 0.2) is 57.1 Å². The minimum atomic E-state index is -0.733. The van der Waals surface area contributed by atoms with Gasteiger partial charge in [0.15, 0.2) is 0 Å². The third-order valence-corrected chi connectivity index (χ3v) is 6.53. The number of hydrogen-bond acceptors (Lipinski definition) is 5. The fourth-order valence-electron chi connectivity index (χ4n) is 4.18. The Bertz CT molecular complexity index is 945. The summed E-state index contributed by atoms with van der Waals surface area (Å²) < 4.78 is 6.46. The molecule has 0 radical (unpaired) electrons. The van der Waals surface area contributed by atoms with Crippen molar-refractivity contribution in [2.24, 2.45) is 0 Å². The van der Waals surface area contributed by atoms with E-state index >= 15 is 0 Å². The molecule has 1 aromatic carbocycles. The molecule has 0 aliphatic carbocycles. The lowest BCUT2D eigenvalue weighted by atomic mass is 9.99. The first-order valence-corrected chi connectivity index (χ1v) is 12.6. The van der Waals surface area contributed by atoms with Gasteiger partial charge in [0.25, 0.3) is 11.7 Å². The van der Waals surface area contributed by atoms with Gasteiger partial charge < -0.3 is 19.3 Å². The predicted octanol–water partition coefficient (Wildman–Crippen LogP) is 5.76. The number of Topliss-reactive ketones (excluding diaryl/α,β-unsaturated/α-hetero) is 1. The number of ketones is 1. The Morgan fingerprint density at radius 1 is 1.03 bits per heavy atom. The average molecular weight is 517 g/mol. The molecular formula is C26H33BrN2O4. The van der Waals surface area contributed by atoms with Crippen LogP contribution >= 0.6 is 15.9 Å². The largest absolute Gasteiger partial charge is 0.507 e. The predicted molar refractivity (Wildman–Crippen MR) is 133 cm³/mol. The first kappa shape index (κ1) is 25.2. The zero-order chi connectivity index (χ0) is 23.8. The van der Waals surface area contributed by atoms with Gasteiger partial charge in [-0.2, -0.15) is 0 Å². The van der Waals surface area contributed by atoms with Crippen molar-refractivity contribution in [2.45, 2.75) is 52.0 Å². The van der Waals surface area contributed by atoms with Crippen LogP contribution in [0.25, 0.3) is 5.76 Å². The number of halogens is 1. The number of unbranched alkanes of at least 4 members (excludes halogenated alkanes) is 2. The monoisotopic (exact) mass is 516 g/mol. The Labute approximate surface area is 204 Å². The molecule has 0 spiro atoms. The molecule has 0 bridgehead atoms. The van der Waals surface area contributed by atoms with Crippen molar-refractivity contribution in [1.29, 1.82) is 0 Å². The van der Waals surface area contributed by atoms with Crippen molar-refractivity contribution in [2.75, 3.05) is 26.2 Å². The van der Waals surface area contributed by atoms with E-state index in [4.69, 9.17) is 4.42 Å². The summed E-state index contributed by atoms with van der Waals surface area (Å²) in [5.41, 5.74) is 0.559. The second-order valence-electron chi connectivity index (χ2n) is 8.42. The molecule has 178 valence electrons. The number of carbonyl (C=O) groups excluding carboxylic acids is 2. The number of furan rings is 1. The van der Waals surface area contributed by atoms with Crippen LogP contribution in [0.1, 0.15) is 63.3 Å². The second-order valence-corrected chi connectivity index (χ2v) is 9.33. The molecule has 0 saturated carbocycles. The number of benzene rings is 1. The molecule has 1 amide bonds. The van der Waals surface area contributed by atoms with Gasteiger partial charge in [-0.05, 0) is 63.2 Å². The molecule has 6 nitrogen and oxygen atoms in total. The molecule has 1 aromatic heterocycles. The maximum atomic E-state index is 13.0. The SMILES string of the molecule is CCCCN(CCCC)CCCN1C(=O)C(=O)/C(=C(/O)c2ccc(Br)cc2)C1c1ccco1. The highest BCUT2D eigenvalue weighted by molar-refractivity contribution is 9.10. The molecule has 3 rings (SSSR count). The molecule has 2 aromatic rings. The van der Waals surface area contributed by atoms with Crippen LogP contribution in [-0.4, -0.2) is 52.8 Å². The lowest BCUT2D eigenvalue weighted by molar-refractivity contribution is -0.140. The minimum absolute atomic E-state index is 0.0751. The van der Waals surface area contributed by atoms with Crippen molar-refractivity contribution in [3.63, 3.8) is 0 Å². The van der Waals surface area contributed by atoms with Gasteiger partial charge in [-0.3, -0.25) is 9.59 Å². The number of rotatable bonds is 12. The topological polar surface area (TPSA) is 74.0 Å². The first-order valence-electron chi connectivity index (χ1n) is 11.8. The number of hydrogen-bond donors (Lipinski definition) is 1. The summed E-state index contributed by atoms with van der Waals surface area (Å²) in [5.74, 6) is -0.978. The van der Waals surface area contributed by atoms with Crippen molar-refractivity contribution >= 4 is 33.4 Å². The van der Waals surface area contributed by atoms with Gasteiger partial charge in [0, 0.05) is 16.6 Å². The lowest BCUT2D eigenvalue weighted by Crippen LogP contribution is -2.34. The lowest BCUT2D eigenvalue weighted by Gasteiger charge is -2.26. The highest BCUT2D eigenvalue weighted by Crippen LogP contribution is 2.39. The zero-order valence-corrected chi connectivity index (χ0v) is 21.0. The van der Waals surface area contributed by atoms with Crippen molar-refractivity contribution in [1.82, 2.24) is 9.80 Å². The van der Waals surface area contributed by atoms with Crippen LogP contribution in [-0.2, 0) is 9.59 Å². The Morgan fingerprint density at radius 3 is 2.24 bits per heavy atom. The molecule has 1 fully saturated rings. The maximum absolute atomic E-state index is 13.0. The van der Waals surface area contributed by atoms with E-state index < -0.39 is 17.7 Å². The molecule has 1 N–H and O–H groups in total. The summed E-state index contributed by atoms with van der Waals surface area (Å²) in [6.45, 7) is 7.74. The summed E-state index contributed by atoms with van der Waals surface area (Å²) in [7, 11) is 0. The quantitative estimate of drug-likeness (QED) is 0.220. The summed E-state index contributed by atoms with van der Waals surface area (Å²) in [6, 6.07) is 9.74. The number of aliphatic hydroxyl groups excluding tert-OH is 1. The molecule has 33 heavy (non-hydrogen) atoms. The number of amides is 1. The van der Waals surface area contributed by atoms with E-state index in [-0.39, 0.29) is 11.3 Å². The standard InChI is InChI=1S/C26H33BrN2O4/c1-3-5-14-28(15-6-4-2)16-8-17-29-23(21-9-7-18-33-21)22(25(31)26(29)32)24(30)19-10-12-20(27)13-11-19/h7,9-13,18,23,30H,3-6,8,14-17H2,1-2H3/b24-22+. The fourth-order valence-corrected chi connectivity index (χ4v) is 4.44. The average Bonchev–Trinajstić information content (AvgIpc) is 3.43. The van der Waals surface area contributed by atoms with Crippen LogP contribution in [0.5, 0.6) is 0 Å². The smallest absolute Gasteiger partial charge is 0.295 e. The third-order valence-electron chi connectivity index (χ3n) is 6.00. The van der Waals surface area contributed by atoms with Crippen molar-refractivity contribution in [3.8, 4) is 0 Å². The molecule has 1 aliphatic rings. The second kappa shape index (κ2) is 12.2. The van der Waals surface area contributed by atoms with Gasteiger partial charge in [0.2, 0.25) is 0 Å². The van der Waals surface area contributed by atoms with Crippen molar-refractivity contribution in [3.05, 3.63) is 64.0 Å². The molecule has 1 atom stereocenters. The molecule has 1 unspecified atom stereocenters. The van der Waals surface area contributed by atoms with E-state index in [0.29, 0.717) is 17.9 Å². The van der Waals surface area contributed by atoms with E-state index in [2.05, 4.69) is 34.7 Å². The van der Waals surface area contributed by atoms with E-state index in [0.717, 1.165) is 56.2 Å². The van der Waals surface area contributed by atoms with Crippen LogP contribution in [0.2, 0.25) is 0 Å². The Kier molecular flexibility index (Phi) is 9.32. The Balaban J connectivity index is 1.83. The van der Waals surface area contributed by atoms with Crippen molar-refractivity contribution < 1.29 is 19.1 Å². The Morgan fingerprint density at radius 2 is 1.67 bits per heavy atom. The number of carbonyl (C=O) groups is 2. The molecule has 1 aliphatic heterocycles. The van der Waals surface area contributed by atoms with Gasteiger partial charge in [-0.1, -0.05) is 54.8 Å². The van der Waals surface area contributed by atoms with E-state index in [9.17, 15) is 14.7 Å². The Hall–Kier alpha value is -2.38. The molecule has 1 saturated heterocycles. The van der Waals surface area contributed by atoms with Crippen LogP contribution in [0.4, 0.5) is 0 Å². The van der Waals surface area contributed by atoms with Gasteiger partial charge in [-0.15, -0.1) is 0 Å². The van der Waals surface area contributed by atoms with E-state index in [1.807, 2.05) is 0 Å². The van der Waals surface area contributed by atoms with Crippen LogP contribution in [0.3, 0.4) is 0 Å². The maximum Gasteiger partial charge on any atom is 0.295 e. The normalized spacial score (nSPS) is 17.9. The van der Waals surface area contributed by atoms with Crippen LogP contribution < -0.4 is 0 Å². The number of aliphatic hydroxyl groups is 1. The van der Waals surface area contributed by atoms with Gasteiger partial charge in [0.1, 0.15) is 17.6 Å². The van der Waals surface area contributed by atoms with E-state index in [1.54, 1.807) is 41.3 Å². The first-order chi connectivity index (χ1) is 16.0. The molecule has 7 heteroatoms. The van der Waals surface area contributed by atoms with E-state index in [1.165, 1.54) is 6.26 Å².